The van der Waals surface area contributed by atoms with Gasteiger partial charge in [-0.15, -0.1) is 0 Å². The van der Waals surface area contributed by atoms with Crippen LogP contribution in [0.4, 0.5) is 13.2 Å². The number of aliphatic hydroxyl groups is 1. The van der Waals surface area contributed by atoms with Crippen LogP contribution in [0.25, 0.3) is 0 Å². The summed E-state index contributed by atoms with van der Waals surface area (Å²) in [6, 6.07) is 3.79. The van der Waals surface area contributed by atoms with Gasteiger partial charge in [-0.25, -0.2) is 0 Å². The molecule has 0 amide bonds. The number of hydrogen-bond acceptors (Lipinski definition) is 1. The molecule has 0 aliphatic carbocycles. The molecule has 0 aliphatic rings. The zero-order valence-corrected chi connectivity index (χ0v) is 9.30. The van der Waals surface area contributed by atoms with Crippen molar-refractivity contribution in [1.29, 1.82) is 0 Å². The van der Waals surface area contributed by atoms with E-state index in [1.54, 1.807) is 0 Å². The Hall–Kier alpha value is -1.03. The zero-order valence-electron chi connectivity index (χ0n) is 9.30. The van der Waals surface area contributed by atoms with Crippen LogP contribution in [0.3, 0.4) is 0 Å². The first kappa shape index (κ1) is 13.0. The molecule has 0 aromatic heterocycles. The maximum Gasteiger partial charge on any atom is 0.416 e. The van der Waals surface area contributed by atoms with Crippen LogP contribution in [-0.2, 0) is 19.2 Å². The van der Waals surface area contributed by atoms with E-state index in [2.05, 4.69) is 0 Å². The Morgan fingerprint density at radius 1 is 1.25 bits per heavy atom. The Bertz CT molecular complexity index is 356. The lowest BCUT2D eigenvalue weighted by atomic mass is 9.96. The molecule has 90 valence electrons. The normalized spacial score (nSPS) is 12.2. The third kappa shape index (κ3) is 3.23. The summed E-state index contributed by atoms with van der Waals surface area (Å²) in [5.41, 5.74) is 0.177. The van der Waals surface area contributed by atoms with E-state index >= 15 is 0 Å². The number of alkyl halides is 3. The van der Waals surface area contributed by atoms with E-state index in [0.717, 1.165) is 6.07 Å². The summed E-state index contributed by atoms with van der Waals surface area (Å²) < 4.78 is 38.0. The zero-order chi connectivity index (χ0) is 12.3. The van der Waals surface area contributed by atoms with Gasteiger partial charge in [-0.3, -0.25) is 0 Å². The molecule has 0 saturated carbocycles. The molecule has 1 aromatic carbocycles. The van der Waals surface area contributed by atoms with Gasteiger partial charge in [-0.1, -0.05) is 26.0 Å². The summed E-state index contributed by atoms with van der Waals surface area (Å²) >= 11 is 0. The third-order valence-corrected chi connectivity index (χ3v) is 2.29. The number of halogens is 3. The van der Waals surface area contributed by atoms with E-state index in [0.29, 0.717) is 12.0 Å². The average molecular weight is 232 g/mol. The molecule has 0 heterocycles. The minimum Gasteiger partial charge on any atom is -0.392 e. The van der Waals surface area contributed by atoms with Gasteiger partial charge in [0.05, 0.1) is 12.2 Å². The van der Waals surface area contributed by atoms with Crippen molar-refractivity contribution in [2.45, 2.75) is 33.1 Å². The summed E-state index contributed by atoms with van der Waals surface area (Å²) in [5, 5.41) is 8.91. The monoisotopic (exact) mass is 232 g/mol. The molecule has 1 N–H and O–H groups in total. The van der Waals surface area contributed by atoms with Crippen molar-refractivity contribution in [2.24, 2.45) is 5.92 Å². The highest BCUT2D eigenvalue weighted by molar-refractivity contribution is 5.34. The number of rotatable bonds is 3. The van der Waals surface area contributed by atoms with Crippen LogP contribution in [-0.4, -0.2) is 5.11 Å². The standard InChI is InChI=1S/C12H15F3O/c1-8(2)5-10-6-9(7-16)3-4-11(10)12(13,14)15/h3-4,6,8,16H,5,7H2,1-2H3. The molecular weight excluding hydrogens is 217 g/mol. The van der Waals surface area contributed by atoms with Gasteiger partial charge in [0, 0.05) is 0 Å². The lowest BCUT2D eigenvalue weighted by Crippen LogP contribution is -2.11. The smallest absolute Gasteiger partial charge is 0.392 e. The average Bonchev–Trinajstić information content (AvgIpc) is 2.14. The second kappa shape index (κ2) is 4.87. The van der Waals surface area contributed by atoms with Crippen LogP contribution in [0.15, 0.2) is 18.2 Å². The Labute approximate surface area is 92.9 Å². The SMILES string of the molecule is CC(C)Cc1cc(CO)ccc1C(F)(F)F. The molecule has 16 heavy (non-hydrogen) atoms. The molecule has 1 nitrogen and oxygen atoms in total. The van der Waals surface area contributed by atoms with E-state index < -0.39 is 11.7 Å². The first-order valence-corrected chi connectivity index (χ1v) is 5.14. The number of benzene rings is 1. The molecule has 0 saturated heterocycles. The van der Waals surface area contributed by atoms with Crippen LogP contribution >= 0.6 is 0 Å². The molecule has 0 unspecified atom stereocenters. The van der Waals surface area contributed by atoms with Gasteiger partial charge < -0.3 is 5.11 Å². The van der Waals surface area contributed by atoms with E-state index in [-0.39, 0.29) is 18.1 Å². The molecule has 0 spiro atoms. The first-order chi connectivity index (χ1) is 7.34. The highest BCUT2D eigenvalue weighted by Crippen LogP contribution is 2.33. The van der Waals surface area contributed by atoms with Crippen molar-refractivity contribution in [2.75, 3.05) is 0 Å². The minimum absolute atomic E-state index is 0.148. The van der Waals surface area contributed by atoms with Crippen molar-refractivity contribution in [3.05, 3.63) is 34.9 Å². The predicted molar refractivity (Wildman–Crippen MR) is 55.9 cm³/mol. The van der Waals surface area contributed by atoms with E-state index in [1.807, 2.05) is 13.8 Å². The van der Waals surface area contributed by atoms with Gasteiger partial charge in [0.15, 0.2) is 0 Å². The fraction of sp³-hybridized carbons (Fsp3) is 0.500. The van der Waals surface area contributed by atoms with Gasteiger partial charge >= 0.3 is 6.18 Å². The van der Waals surface area contributed by atoms with E-state index in [9.17, 15) is 13.2 Å². The third-order valence-electron chi connectivity index (χ3n) is 2.29. The van der Waals surface area contributed by atoms with Crippen molar-refractivity contribution in [1.82, 2.24) is 0 Å². The molecule has 0 radical (unpaired) electrons. The maximum atomic E-state index is 12.7. The summed E-state index contributed by atoms with van der Waals surface area (Å²) in [7, 11) is 0. The van der Waals surface area contributed by atoms with Gasteiger partial charge in [-0.2, -0.15) is 13.2 Å². The maximum absolute atomic E-state index is 12.7. The number of aliphatic hydroxyl groups excluding tert-OH is 1. The summed E-state index contributed by atoms with van der Waals surface area (Å²) in [4.78, 5) is 0. The largest absolute Gasteiger partial charge is 0.416 e. The predicted octanol–water partition coefficient (Wildman–Crippen LogP) is 3.40. The lowest BCUT2D eigenvalue weighted by Gasteiger charge is -2.15. The second-order valence-electron chi connectivity index (χ2n) is 4.25. The van der Waals surface area contributed by atoms with Crippen LogP contribution in [0, 0.1) is 5.92 Å². The Morgan fingerprint density at radius 2 is 1.88 bits per heavy atom. The van der Waals surface area contributed by atoms with Crippen molar-refractivity contribution in [3.8, 4) is 0 Å². The summed E-state index contributed by atoms with van der Waals surface area (Å²) in [5.74, 6) is 0.148. The van der Waals surface area contributed by atoms with Crippen molar-refractivity contribution < 1.29 is 18.3 Å². The van der Waals surface area contributed by atoms with Gasteiger partial charge in [0.1, 0.15) is 0 Å². The molecular formula is C12H15F3O. The van der Waals surface area contributed by atoms with E-state index in [4.69, 9.17) is 5.11 Å². The summed E-state index contributed by atoms with van der Waals surface area (Å²) in [6.07, 6.45) is -3.96. The fourth-order valence-electron chi connectivity index (χ4n) is 1.63. The van der Waals surface area contributed by atoms with Crippen LogP contribution in [0.5, 0.6) is 0 Å². The van der Waals surface area contributed by atoms with Gasteiger partial charge in [0.2, 0.25) is 0 Å². The molecule has 0 bridgehead atoms. The minimum atomic E-state index is -4.32. The first-order valence-electron chi connectivity index (χ1n) is 5.14. The van der Waals surface area contributed by atoms with E-state index in [1.165, 1.54) is 12.1 Å². The molecule has 0 atom stereocenters. The molecule has 1 aromatic rings. The number of hydrogen-bond donors (Lipinski definition) is 1. The van der Waals surface area contributed by atoms with Gasteiger partial charge in [0.25, 0.3) is 0 Å². The quantitative estimate of drug-likeness (QED) is 0.846. The van der Waals surface area contributed by atoms with Crippen LogP contribution < -0.4 is 0 Å². The van der Waals surface area contributed by atoms with Gasteiger partial charge in [-0.05, 0) is 29.5 Å². The molecule has 0 fully saturated rings. The molecule has 0 aliphatic heterocycles. The summed E-state index contributed by atoms with van der Waals surface area (Å²) in [6.45, 7) is 3.50. The topological polar surface area (TPSA) is 20.2 Å². The van der Waals surface area contributed by atoms with Crippen LogP contribution in [0.1, 0.15) is 30.5 Å². The lowest BCUT2D eigenvalue weighted by molar-refractivity contribution is -0.138. The Kier molecular flexibility index (Phi) is 3.97. The Balaban J connectivity index is 3.16. The second-order valence-corrected chi connectivity index (χ2v) is 4.25. The molecule has 1 rings (SSSR count). The Morgan fingerprint density at radius 3 is 2.31 bits per heavy atom. The van der Waals surface area contributed by atoms with Crippen molar-refractivity contribution in [3.63, 3.8) is 0 Å². The fourth-order valence-corrected chi connectivity index (χ4v) is 1.63. The molecule has 4 heteroatoms. The highest BCUT2D eigenvalue weighted by Gasteiger charge is 2.33. The van der Waals surface area contributed by atoms with Crippen LogP contribution in [0.2, 0.25) is 0 Å². The van der Waals surface area contributed by atoms with Crippen molar-refractivity contribution >= 4 is 0 Å². The highest BCUT2D eigenvalue weighted by atomic mass is 19.4.